The largest absolute Gasteiger partial charge is 0.398 e. The number of benzene rings is 1. The van der Waals surface area contributed by atoms with Crippen LogP contribution in [-0.4, -0.2) is 34.6 Å². The summed E-state index contributed by atoms with van der Waals surface area (Å²) in [4.78, 5) is 49.4. The molecule has 1 saturated heterocycles. The summed E-state index contributed by atoms with van der Waals surface area (Å²) >= 11 is 0. The molecule has 0 saturated carbocycles. The molecule has 1 atom stereocenters. The first-order chi connectivity index (χ1) is 10.8. The maximum atomic E-state index is 12.6. The van der Waals surface area contributed by atoms with Crippen LogP contribution in [0.1, 0.15) is 58.9 Å². The lowest BCUT2D eigenvalue weighted by atomic mass is 9.97. The minimum atomic E-state index is -0.970. The molecule has 2 heterocycles. The van der Waals surface area contributed by atoms with E-state index >= 15 is 0 Å². The van der Waals surface area contributed by atoms with Gasteiger partial charge < -0.3 is 5.73 Å². The van der Waals surface area contributed by atoms with Gasteiger partial charge in [-0.2, -0.15) is 0 Å². The van der Waals surface area contributed by atoms with Gasteiger partial charge in [0.15, 0.2) is 0 Å². The van der Waals surface area contributed by atoms with Gasteiger partial charge in [0, 0.05) is 12.1 Å². The van der Waals surface area contributed by atoms with Crippen LogP contribution in [0.4, 0.5) is 5.69 Å². The number of fused-ring (bicyclic) bond motifs is 1. The van der Waals surface area contributed by atoms with Crippen molar-refractivity contribution in [3.63, 3.8) is 0 Å². The lowest BCUT2D eigenvalue weighted by molar-refractivity contribution is -0.136. The van der Waals surface area contributed by atoms with Crippen LogP contribution in [0, 0.1) is 0 Å². The maximum Gasteiger partial charge on any atom is 0.264 e. The second kappa shape index (κ2) is 5.19. The van der Waals surface area contributed by atoms with Gasteiger partial charge >= 0.3 is 0 Å². The van der Waals surface area contributed by atoms with Crippen LogP contribution in [0.2, 0.25) is 0 Å². The van der Waals surface area contributed by atoms with Crippen molar-refractivity contribution in [3.8, 4) is 0 Å². The highest BCUT2D eigenvalue weighted by molar-refractivity contribution is 6.25. The van der Waals surface area contributed by atoms with Crippen LogP contribution in [-0.2, 0) is 9.59 Å². The van der Waals surface area contributed by atoms with Gasteiger partial charge in [-0.25, -0.2) is 0 Å². The average Bonchev–Trinajstić information content (AvgIpc) is 2.72. The summed E-state index contributed by atoms with van der Waals surface area (Å²) in [5.41, 5.74) is 7.41. The molecule has 1 aromatic rings. The molecule has 3 N–H and O–H groups in total. The molecule has 0 aliphatic carbocycles. The minimum Gasteiger partial charge on any atom is -0.398 e. The van der Waals surface area contributed by atoms with Crippen molar-refractivity contribution in [2.45, 2.75) is 38.6 Å². The Kier molecular flexibility index (Phi) is 3.43. The van der Waals surface area contributed by atoms with Crippen molar-refractivity contribution in [1.82, 2.24) is 10.2 Å². The third-order valence-corrected chi connectivity index (χ3v) is 4.26. The molecule has 3 rings (SSSR count). The normalized spacial score (nSPS) is 21.0. The molecule has 0 bridgehead atoms. The predicted molar refractivity (Wildman–Crippen MR) is 81.6 cm³/mol. The van der Waals surface area contributed by atoms with E-state index in [0.717, 1.165) is 10.5 Å². The Morgan fingerprint density at radius 3 is 2.48 bits per heavy atom. The zero-order chi connectivity index (χ0) is 16.9. The van der Waals surface area contributed by atoms with E-state index in [-0.39, 0.29) is 35.6 Å². The smallest absolute Gasteiger partial charge is 0.264 e. The van der Waals surface area contributed by atoms with Gasteiger partial charge in [-0.3, -0.25) is 29.4 Å². The summed E-state index contributed by atoms with van der Waals surface area (Å²) < 4.78 is 0. The van der Waals surface area contributed by atoms with Crippen LogP contribution in [0.15, 0.2) is 12.1 Å². The van der Waals surface area contributed by atoms with Gasteiger partial charge in [-0.1, -0.05) is 13.8 Å². The topological polar surface area (TPSA) is 110 Å². The Bertz CT molecular complexity index is 754. The SMILES string of the molecule is CC(C)c1cc(N)c2c(c1)C(=O)N(C1CCC(=O)NC1=O)C2=O. The first kappa shape index (κ1) is 15.2. The zero-order valence-corrected chi connectivity index (χ0v) is 12.9. The Hall–Kier alpha value is -2.70. The first-order valence-corrected chi connectivity index (χ1v) is 7.46. The van der Waals surface area contributed by atoms with Crippen molar-refractivity contribution in [1.29, 1.82) is 0 Å². The molecule has 2 aliphatic heterocycles. The number of carbonyl (C=O) groups is 4. The van der Waals surface area contributed by atoms with E-state index in [0.29, 0.717) is 0 Å². The van der Waals surface area contributed by atoms with Crippen molar-refractivity contribution in [2.75, 3.05) is 5.73 Å². The van der Waals surface area contributed by atoms with E-state index in [9.17, 15) is 19.2 Å². The van der Waals surface area contributed by atoms with Crippen LogP contribution in [0.5, 0.6) is 0 Å². The number of nitrogens with zero attached hydrogens (tertiary/aromatic N) is 1. The molecule has 2 aliphatic rings. The number of piperidine rings is 1. The van der Waals surface area contributed by atoms with Crippen LogP contribution < -0.4 is 11.1 Å². The summed E-state index contributed by atoms with van der Waals surface area (Å²) in [5.74, 6) is -1.99. The lowest BCUT2D eigenvalue weighted by Gasteiger charge is -2.27. The number of nitrogen functional groups attached to an aromatic ring is 1. The highest BCUT2D eigenvalue weighted by Gasteiger charge is 2.45. The van der Waals surface area contributed by atoms with Crippen molar-refractivity contribution in [3.05, 3.63) is 28.8 Å². The molecule has 0 aromatic heterocycles. The molecule has 7 nitrogen and oxygen atoms in total. The maximum absolute atomic E-state index is 12.6. The van der Waals surface area contributed by atoms with Crippen molar-refractivity contribution in [2.24, 2.45) is 0 Å². The Labute approximate surface area is 132 Å². The number of rotatable bonds is 2. The fourth-order valence-corrected chi connectivity index (χ4v) is 2.98. The predicted octanol–water partition coefficient (Wildman–Crippen LogP) is 0.793. The fourth-order valence-electron chi connectivity index (χ4n) is 2.98. The molecular weight excluding hydrogens is 298 g/mol. The van der Waals surface area contributed by atoms with Gasteiger partial charge in [0.2, 0.25) is 11.8 Å². The summed E-state index contributed by atoms with van der Waals surface area (Å²) in [6.45, 7) is 3.92. The number of imide groups is 2. The van der Waals surface area contributed by atoms with E-state index in [1.807, 2.05) is 13.8 Å². The van der Waals surface area contributed by atoms with Crippen molar-refractivity contribution >= 4 is 29.3 Å². The summed E-state index contributed by atoms with van der Waals surface area (Å²) in [6.07, 6.45) is 0.226. The van der Waals surface area contributed by atoms with Crippen LogP contribution in [0.3, 0.4) is 0 Å². The summed E-state index contributed by atoms with van der Waals surface area (Å²) in [5, 5.41) is 2.16. The summed E-state index contributed by atoms with van der Waals surface area (Å²) in [7, 11) is 0. The van der Waals surface area contributed by atoms with Crippen LogP contribution in [0.25, 0.3) is 0 Å². The fraction of sp³-hybridized carbons (Fsp3) is 0.375. The van der Waals surface area contributed by atoms with Gasteiger partial charge in [-0.15, -0.1) is 0 Å². The van der Waals surface area contributed by atoms with Crippen molar-refractivity contribution < 1.29 is 19.2 Å². The molecule has 1 aromatic carbocycles. The molecule has 23 heavy (non-hydrogen) atoms. The molecule has 1 unspecified atom stereocenters. The van der Waals surface area contributed by atoms with E-state index < -0.39 is 29.7 Å². The third kappa shape index (κ3) is 2.28. The van der Waals surface area contributed by atoms with E-state index in [1.165, 1.54) is 0 Å². The standard InChI is InChI=1S/C16H17N3O4/c1-7(2)8-5-9-13(10(17)6-8)16(23)19(15(9)22)11-3-4-12(20)18-14(11)21/h5-7,11H,3-4,17H2,1-2H3,(H,18,20,21). The average molecular weight is 315 g/mol. The molecule has 1 fully saturated rings. The van der Waals surface area contributed by atoms with Gasteiger partial charge in [0.25, 0.3) is 11.8 Å². The highest BCUT2D eigenvalue weighted by Crippen LogP contribution is 2.33. The van der Waals surface area contributed by atoms with E-state index in [4.69, 9.17) is 5.73 Å². The van der Waals surface area contributed by atoms with Gasteiger partial charge in [0.05, 0.1) is 11.1 Å². The highest BCUT2D eigenvalue weighted by atomic mass is 16.2. The lowest BCUT2D eigenvalue weighted by Crippen LogP contribution is -2.54. The molecule has 4 amide bonds. The number of carbonyl (C=O) groups excluding carboxylic acids is 4. The zero-order valence-electron chi connectivity index (χ0n) is 12.9. The molecule has 0 radical (unpaired) electrons. The molecular formula is C16H17N3O4. The molecule has 120 valence electrons. The Morgan fingerprint density at radius 2 is 1.87 bits per heavy atom. The number of amides is 4. The second-order valence-corrected chi connectivity index (χ2v) is 6.13. The van der Waals surface area contributed by atoms with E-state index in [1.54, 1.807) is 12.1 Å². The number of hydrogen-bond donors (Lipinski definition) is 2. The quantitative estimate of drug-likeness (QED) is 0.619. The second-order valence-electron chi connectivity index (χ2n) is 6.13. The number of anilines is 1. The number of nitrogens with one attached hydrogen (secondary N) is 1. The Morgan fingerprint density at radius 1 is 1.17 bits per heavy atom. The molecule has 7 heteroatoms. The Balaban J connectivity index is 2.02. The number of nitrogens with two attached hydrogens (primary N) is 1. The first-order valence-electron chi connectivity index (χ1n) is 7.46. The molecule has 0 spiro atoms. The number of hydrogen-bond acceptors (Lipinski definition) is 5. The van der Waals surface area contributed by atoms with Gasteiger partial charge in [-0.05, 0) is 30.0 Å². The van der Waals surface area contributed by atoms with E-state index in [2.05, 4.69) is 5.32 Å². The third-order valence-electron chi connectivity index (χ3n) is 4.26. The summed E-state index contributed by atoms with van der Waals surface area (Å²) in [6, 6.07) is 2.37. The van der Waals surface area contributed by atoms with Crippen LogP contribution >= 0.6 is 0 Å². The monoisotopic (exact) mass is 315 g/mol. The minimum absolute atomic E-state index is 0.0938. The van der Waals surface area contributed by atoms with Gasteiger partial charge in [0.1, 0.15) is 6.04 Å².